The standard InChI is InChI=1S/C39H80NO4P/c1-5-9-13-17-19-23-28-38(26-21-15-11-7-3)36-43-45(41,35-25-30-40-31-33-42-34-32-40)44-37-39(27-22-16-12-8-4)29-24-20-18-14-10-6-2/h38-39H,5-37H2,1-4H3. The van der Waals surface area contributed by atoms with Gasteiger partial charge in [-0.3, -0.25) is 9.46 Å². The van der Waals surface area contributed by atoms with Crippen LogP contribution in [0.1, 0.15) is 188 Å². The van der Waals surface area contributed by atoms with Gasteiger partial charge in [0.25, 0.3) is 0 Å². The van der Waals surface area contributed by atoms with E-state index in [1.807, 2.05) is 0 Å². The minimum atomic E-state index is -3.15. The van der Waals surface area contributed by atoms with Gasteiger partial charge in [0.05, 0.1) is 32.6 Å². The SMILES string of the molecule is CCCCCCCCC(CCCCCC)COP(=O)(CCCN1CCOCC1)OCC(CCCCCC)CCCCCCCC. The van der Waals surface area contributed by atoms with Crippen molar-refractivity contribution >= 4 is 7.60 Å². The Kier molecular flexibility index (Phi) is 30.0. The number of nitrogens with zero attached hydrogens (tertiary/aromatic N) is 1. The molecule has 1 saturated heterocycles. The van der Waals surface area contributed by atoms with Crippen LogP contribution in [0.15, 0.2) is 0 Å². The summed E-state index contributed by atoms with van der Waals surface area (Å²) in [5.41, 5.74) is 0. The number of hydrogen-bond acceptors (Lipinski definition) is 5. The minimum Gasteiger partial charge on any atom is -0.379 e. The van der Waals surface area contributed by atoms with Gasteiger partial charge in [-0.25, -0.2) is 0 Å². The van der Waals surface area contributed by atoms with E-state index in [-0.39, 0.29) is 0 Å². The maximum Gasteiger partial charge on any atom is 0.330 e. The van der Waals surface area contributed by atoms with E-state index in [4.69, 9.17) is 13.8 Å². The van der Waals surface area contributed by atoms with Gasteiger partial charge in [-0.05, 0) is 50.5 Å². The molecule has 0 spiro atoms. The first kappa shape index (κ1) is 43.1. The van der Waals surface area contributed by atoms with E-state index in [2.05, 4.69) is 32.6 Å². The molecule has 0 aromatic carbocycles. The summed E-state index contributed by atoms with van der Waals surface area (Å²) in [6, 6.07) is 0. The van der Waals surface area contributed by atoms with Crippen LogP contribution in [0.5, 0.6) is 0 Å². The summed E-state index contributed by atoms with van der Waals surface area (Å²) in [5, 5.41) is 0. The Labute approximate surface area is 282 Å². The van der Waals surface area contributed by atoms with Crippen LogP contribution in [0, 0.1) is 11.8 Å². The lowest BCUT2D eigenvalue weighted by Crippen LogP contribution is -2.37. The van der Waals surface area contributed by atoms with Crippen molar-refractivity contribution in [2.75, 3.05) is 52.2 Å². The lowest BCUT2D eigenvalue weighted by molar-refractivity contribution is 0.0378. The number of rotatable bonds is 34. The van der Waals surface area contributed by atoms with Gasteiger partial charge in [-0.2, -0.15) is 0 Å². The molecule has 0 N–H and O–H groups in total. The largest absolute Gasteiger partial charge is 0.379 e. The molecule has 1 rings (SSSR count). The highest BCUT2D eigenvalue weighted by Gasteiger charge is 2.28. The molecule has 0 aromatic rings. The maximum atomic E-state index is 14.4. The summed E-state index contributed by atoms with van der Waals surface area (Å²) in [4.78, 5) is 2.44. The Morgan fingerprint density at radius 3 is 1.29 bits per heavy atom. The van der Waals surface area contributed by atoms with E-state index in [1.165, 1.54) is 154 Å². The van der Waals surface area contributed by atoms with Gasteiger partial charge in [-0.15, -0.1) is 0 Å². The Morgan fingerprint density at radius 1 is 0.533 bits per heavy atom. The van der Waals surface area contributed by atoms with Crippen LogP contribution in [-0.2, 0) is 18.3 Å². The Balaban J connectivity index is 2.79. The second kappa shape index (κ2) is 31.3. The number of hydrogen-bond donors (Lipinski definition) is 0. The molecule has 1 heterocycles. The molecule has 0 bridgehead atoms. The van der Waals surface area contributed by atoms with Crippen LogP contribution in [0.25, 0.3) is 0 Å². The number of unbranched alkanes of at least 4 members (excludes halogenated alkanes) is 16. The first-order valence-corrected chi connectivity index (χ1v) is 22.0. The molecule has 0 aromatic heterocycles. The van der Waals surface area contributed by atoms with Crippen molar-refractivity contribution in [1.82, 2.24) is 4.90 Å². The van der Waals surface area contributed by atoms with Crippen LogP contribution < -0.4 is 0 Å². The van der Waals surface area contributed by atoms with Crippen molar-refractivity contribution in [3.05, 3.63) is 0 Å². The molecule has 0 amide bonds. The van der Waals surface area contributed by atoms with Gasteiger partial charge in [0, 0.05) is 13.1 Å². The molecule has 0 aliphatic carbocycles. The summed E-state index contributed by atoms with van der Waals surface area (Å²) >= 11 is 0. The third kappa shape index (κ3) is 25.7. The van der Waals surface area contributed by atoms with Gasteiger partial charge in [-0.1, -0.05) is 156 Å². The predicted molar refractivity (Wildman–Crippen MR) is 197 cm³/mol. The molecule has 1 aliphatic rings. The van der Waals surface area contributed by atoms with Crippen molar-refractivity contribution in [3.63, 3.8) is 0 Å². The fraction of sp³-hybridized carbons (Fsp3) is 1.00. The quantitative estimate of drug-likeness (QED) is 0.0509. The van der Waals surface area contributed by atoms with E-state index >= 15 is 0 Å². The van der Waals surface area contributed by atoms with Crippen molar-refractivity contribution in [3.8, 4) is 0 Å². The molecule has 0 saturated carbocycles. The van der Waals surface area contributed by atoms with Gasteiger partial charge in [0.15, 0.2) is 0 Å². The van der Waals surface area contributed by atoms with Crippen molar-refractivity contribution in [2.24, 2.45) is 11.8 Å². The third-order valence-electron chi connectivity index (χ3n) is 9.89. The normalized spacial score (nSPS) is 17.0. The number of morpholine rings is 1. The van der Waals surface area contributed by atoms with E-state index in [1.54, 1.807) is 0 Å². The molecule has 2 atom stereocenters. The molecule has 0 radical (unpaired) electrons. The second-order valence-corrected chi connectivity index (χ2v) is 16.5. The highest BCUT2D eigenvalue weighted by atomic mass is 31.2. The molecule has 5 nitrogen and oxygen atoms in total. The van der Waals surface area contributed by atoms with Crippen LogP contribution in [0.3, 0.4) is 0 Å². The van der Waals surface area contributed by atoms with Crippen molar-refractivity contribution < 1.29 is 18.3 Å². The summed E-state index contributed by atoms with van der Waals surface area (Å²) in [6.07, 6.45) is 32.4. The molecule has 1 aliphatic heterocycles. The highest BCUT2D eigenvalue weighted by molar-refractivity contribution is 7.53. The smallest absolute Gasteiger partial charge is 0.330 e. The molecule has 45 heavy (non-hydrogen) atoms. The van der Waals surface area contributed by atoms with E-state index in [0.717, 1.165) is 39.3 Å². The molecule has 1 fully saturated rings. The average Bonchev–Trinajstić information content (AvgIpc) is 3.05. The highest BCUT2D eigenvalue weighted by Crippen LogP contribution is 2.50. The molecular weight excluding hydrogens is 577 g/mol. The Hall–Kier alpha value is 0.0700. The zero-order valence-electron chi connectivity index (χ0n) is 31.0. The van der Waals surface area contributed by atoms with E-state index in [9.17, 15) is 4.57 Å². The average molecular weight is 658 g/mol. The third-order valence-corrected chi connectivity index (χ3v) is 11.8. The second-order valence-electron chi connectivity index (χ2n) is 14.3. The minimum absolute atomic E-state index is 0.497. The maximum absolute atomic E-state index is 14.4. The van der Waals surface area contributed by atoms with E-state index < -0.39 is 7.60 Å². The summed E-state index contributed by atoms with van der Waals surface area (Å²) < 4.78 is 32.9. The Morgan fingerprint density at radius 2 is 0.889 bits per heavy atom. The van der Waals surface area contributed by atoms with Crippen molar-refractivity contribution in [1.29, 1.82) is 0 Å². The first-order chi connectivity index (χ1) is 22.1. The van der Waals surface area contributed by atoms with E-state index in [0.29, 0.717) is 31.2 Å². The van der Waals surface area contributed by atoms with Crippen LogP contribution in [0.2, 0.25) is 0 Å². The van der Waals surface area contributed by atoms with Gasteiger partial charge < -0.3 is 13.8 Å². The van der Waals surface area contributed by atoms with Crippen LogP contribution in [0.4, 0.5) is 0 Å². The number of ether oxygens (including phenoxy) is 1. The summed E-state index contributed by atoms with van der Waals surface area (Å²) in [5.74, 6) is 0.995. The summed E-state index contributed by atoms with van der Waals surface area (Å²) in [6.45, 7) is 14.9. The predicted octanol–water partition coefficient (Wildman–Crippen LogP) is 12.6. The fourth-order valence-electron chi connectivity index (χ4n) is 6.69. The van der Waals surface area contributed by atoms with Crippen LogP contribution in [-0.4, -0.2) is 57.1 Å². The molecule has 2 unspecified atom stereocenters. The monoisotopic (exact) mass is 658 g/mol. The van der Waals surface area contributed by atoms with Crippen LogP contribution >= 0.6 is 7.60 Å². The zero-order chi connectivity index (χ0) is 32.7. The molecular formula is C39H80NO4P. The molecule has 6 heteroatoms. The lowest BCUT2D eigenvalue weighted by Gasteiger charge is -2.28. The zero-order valence-corrected chi connectivity index (χ0v) is 31.9. The first-order valence-electron chi connectivity index (χ1n) is 20.2. The Bertz CT molecular complexity index is 617. The topological polar surface area (TPSA) is 48.0 Å². The lowest BCUT2D eigenvalue weighted by atomic mass is 9.95. The van der Waals surface area contributed by atoms with Crippen molar-refractivity contribution in [2.45, 2.75) is 188 Å². The van der Waals surface area contributed by atoms with Gasteiger partial charge in [0.1, 0.15) is 0 Å². The van der Waals surface area contributed by atoms with Gasteiger partial charge >= 0.3 is 7.60 Å². The summed E-state index contributed by atoms with van der Waals surface area (Å²) in [7, 11) is -3.15. The van der Waals surface area contributed by atoms with Gasteiger partial charge in [0.2, 0.25) is 0 Å². The fourth-order valence-corrected chi connectivity index (χ4v) is 8.42. The molecule has 270 valence electrons.